The van der Waals surface area contributed by atoms with Gasteiger partial charge in [-0.15, -0.1) is 6.58 Å². The molecule has 0 aromatic carbocycles. The first-order valence-electron chi connectivity index (χ1n) is 6.05. The van der Waals surface area contributed by atoms with Gasteiger partial charge in [0.05, 0.1) is 0 Å². The summed E-state index contributed by atoms with van der Waals surface area (Å²) in [5, 5.41) is 11.7. The van der Waals surface area contributed by atoms with E-state index >= 15 is 0 Å². The normalized spacial score (nSPS) is 12.7. The molecule has 0 aromatic heterocycles. The van der Waals surface area contributed by atoms with Gasteiger partial charge in [-0.2, -0.15) is 0 Å². The largest absolute Gasteiger partial charge is 0.480 e. The van der Waals surface area contributed by atoms with Gasteiger partial charge >= 0.3 is 12.0 Å². The maximum absolute atomic E-state index is 11.8. The molecule has 0 saturated heterocycles. The average Bonchev–Trinajstić information content (AvgIpc) is 2.23. The maximum atomic E-state index is 11.8. The molecule has 0 heterocycles. The van der Waals surface area contributed by atoms with Gasteiger partial charge in [-0.05, 0) is 18.3 Å². The fraction of sp³-hybridized carbons (Fsp3) is 0.692. The summed E-state index contributed by atoms with van der Waals surface area (Å²) in [4.78, 5) is 24.4. The lowest BCUT2D eigenvalue weighted by atomic mass is 9.87. The molecule has 0 aliphatic rings. The number of nitrogens with one attached hydrogen (secondary N) is 1. The van der Waals surface area contributed by atoms with Crippen molar-refractivity contribution in [2.45, 2.75) is 39.7 Å². The minimum atomic E-state index is -1.02. The van der Waals surface area contributed by atoms with Crippen LogP contribution in [0.25, 0.3) is 0 Å². The summed E-state index contributed by atoms with van der Waals surface area (Å²) in [7, 11) is 1.65. The SMILES string of the molecule is C=CCCCN(C)C(=O)NC(C(=O)O)C(C)(C)C. The van der Waals surface area contributed by atoms with Gasteiger partial charge in [-0.3, -0.25) is 0 Å². The molecule has 0 saturated carbocycles. The van der Waals surface area contributed by atoms with Gasteiger partial charge in [-0.25, -0.2) is 9.59 Å². The van der Waals surface area contributed by atoms with Crippen LogP contribution in [0.5, 0.6) is 0 Å². The summed E-state index contributed by atoms with van der Waals surface area (Å²) in [5.41, 5.74) is -0.524. The molecule has 0 rings (SSSR count). The number of rotatable bonds is 6. The molecule has 0 spiro atoms. The summed E-state index contributed by atoms with van der Waals surface area (Å²) >= 11 is 0. The maximum Gasteiger partial charge on any atom is 0.326 e. The van der Waals surface area contributed by atoms with Gasteiger partial charge in [0.1, 0.15) is 6.04 Å². The van der Waals surface area contributed by atoms with Crippen LogP contribution in [-0.4, -0.2) is 41.6 Å². The lowest BCUT2D eigenvalue weighted by Crippen LogP contribution is -2.52. The Bertz CT molecular complexity index is 308. The Hall–Kier alpha value is -1.52. The fourth-order valence-electron chi connectivity index (χ4n) is 1.46. The summed E-state index contributed by atoms with van der Waals surface area (Å²) in [6.45, 7) is 9.53. The van der Waals surface area contributed by atoms with Crippen molar-refractivity contribution in [3.05, 3.63) is 12.7 Å². The van der Waals surface area contributed by atoms with Gasteiger partial charge in [0.2, 0.25) is 0 Å². The number of carboxylic acid groups (broad SMARTS) is 1. The standard InChI is InChI=1S/C13H24N2O3/c1-6-7-8-9-15(5)12(18)14-10(11(16)17)13(2,3)4/h6,10H,1,7-9H2,2-5H3,(H,14,18)(H,16,17). The highest BCUT2D eigenvalue weighted by Crippen LogP contribution is 2.19. The lowest BCUT2D eigenvalue weighted by Gasteiger charge is -2.29. The highest BCUT2D eigenvalue weighted by Gasteiger charge is 2.33. The number of hydrogen-bond acceptors (Lipinski definition) is 2. The van der Waals surface area contributed by atoms with Crippen LogP contribution in [0.15, 0.2) is 12.7 Å². The number of aliphatic carboxylic acids is 1. The van der Waals surface area contributed by atoms with Gasteiger partial charge in [0, 0.05) is 13.6 Å². The second kappa shape index (κ2) is 7.03. The molecule has 0 radical (unpaired) electrons. The molecule has 5 heteroatoms. The summed E-state index contributed by atoms with van der Waals surface area (Å²) in [6.07, 6.45) is 3.45. The molecule has 0 bridgehead atoms. The molecule has 0 aliphatic heterocycles. The van der Waals surface area contributed by atoms with Crippen molar-refractivity contribution in [1.82, 2.24) is 10.2 Å². The van der Waals surface area contributed by atoms with Gasteiger partial charge in [0.15, 0.2) is 0 Å². The Morgan fingerprint density at radius 1 is 1.44 bits per heavy atom. The molecule has 1 atom stereocenters. The van der Waals surface area contributed by atoms with Crippen LogP contribution >= 0.6 is 0 Å². The van der Waals surface area contributed by atoms with Crippen molar-refractivity contribution in [3.8, 4) is 0 Å². The molecular formula is C13H24N2O3. The van der Waals surface area contributed by atoms with E-state index in [2.05, 4.69) is 11.9 Å². The zero-order valence-electron chi connectivity index (χ0n) is 11.7. The Morgan fingerprint density at radius 2 is 2.00 bits per heavy atom. The van der Waals surface area contributed by atoms with E-state index in [1.165, 1.54) is 4.90 Å². The molecule has 0 fully saturated rings. The van der Waals surface area contributed by atoms with Crippen LogP contribution in [0.4, 0.5) is 4.79 Å². The number of unbranched alkanes of at least 4 members (excludes halogenated alkanes) is 1. The minimum Gasteiger partial charge on any atom is -0.480 e. The Balaban J connectivity index is 4.42. The average molecular weight is 256 g/mol. The van der Waals surface area contributed by atoms with Crippen LogP contribution < -0.4 is 5.32 Å². The van der Waals surface area contributed by atoms with E-state index in [1.807, 2.05) is 0 Å². The zero-order valence-corrected chi connectivity index (χ0v) is 11.7. The number of carbonyl (C=O) groups excluding carboxylic acids is 1. The Kier molecular flexibility index (Phi) is 6.44. The number of amides is 2. The van der Waals surface area contributed by atoms with Crippen LogP contribution in [-0.2, 0) is 4.79 Å². The highest BCUT2D eigenvalue weighted by atomic mass is 16.4. The lowest BCUT2D eigenvalue weighted by molar-refractivity contribution is -0.142. The quantitative estimate of drug-likeness (QED) is 0.564. The third kappa shape index (κ3) is 5.70. The fourth-order valence-corrected chi connectivity index (χ4v) is 1.46. The number of allylic oxidation sites excluding steroid dienone is 1. The highest BCUT2D eigenvalue weighted by molar-refractivity contribution is 5.83. The van der Waals surface area contributed by atoms with Crippen molar-refractivity contribution >= 4 is 12.0 Å². The third-order valence-corrected chi connectivity index (χ3v) is 2.63. The number of urea groups is 1. The van der Waals surface area contributed by atoms with E-state index in [0.717, 1.165) is 12.8 Å². The zero-order chi connectivity index (χ0) is 14.3. The Morgan fingerprint density at radius 3 is 2.39 bits per heavy atom. The van der Waals surface area contributed by atoms with Crippen molar-refractivity contribution in [2.24, 2.45) is 5.41 Å². The second-order valence-electron chi connectivity index (χ2n) is 5.44. The van der Waals surface area contributed by atoms with E-state index in [0.29, 0.717) is 6.54 Å². The van der Waals surface area contributed by atoms with E-state index < -0.39 is 17.4 Å². The van der Waals surface area contributed by atoms with E-state index in [-0.39, 0.29) is 6.03 Å². The molecule has 104 valence electrons. The van der Waals surface area contributed by atoms with Crippen molar-refractivity contribution in [2.75, 3.05) is 13.6 Å². The monoisotopic (exact) mass is 256 g/mol. The number of hydrogen-bond donors (Lipinski definition) is 2. The molecule has 2 N–H and O–H groups in total. The minimum absolute atomic E-state index is 0.360. The predicted molar refractivity (Wildman–Crippen MR) is 71.5 cm³/mol. The molecule has 0 aromatic rings. The molecule has 2 amide bonds. The number of carboxylic acids is 1. The number of carbonyl (C=O) groups is 2. The van der Waals surface area contributed by atoms with E-state index in [4.69, 9.17) is 5.11 Å². The second-order valence-corrected chi connectivity index (χ2v) is 5.44. The van der Waals surface area contributed by atoms with Gasteiger partial charge in [-0.1, -0.05) is 26.8 Å². The molecular weight excluding hydrogens is 232 g/mol. The summed E-state index contributed by atoms with van der Waals surface area (Å²) < 4.78 is 0. The van der Waals surface area contributed by atoms with Crippen molar-refractivity contribution in [1.29, 1.82) is 0 Å². The van der Waals surface area contributed by atoms with Crippen LogP contribution in [0.3, 0.4) is 0 Å². The predicted octanol–water partition coefficient (Wildman–Crippen LogP) is 2.09. The van der Waals surface area contributed by atoms with E-state index in [9.17, 15) is 9.59 Å². The Labute approximate surface area is 109 Å². The molecule has 1 unspecified atom stereocenters. The van der Waals surface area contributed by atoms with Gasteiger partial charge in [0.25, 0.3) is 0 Å². The first-order chi connectivity index (χ1) is 8.20. The summed E-state index contributed by atoms with van der Waals surface area (Å²) in [6, 6.07) is -1.26. The molecule has 5 nitrogen and oxygen atoms in total. The van der Waals surface area contributed by atoms with Crippen molar-refractivity contribution < 1.29 is 14.7 Å². The van der Waals surface area contributed by atoms with Crippen LogP contribution in [0.1, 0.15) is 33.6 Å². The topological polar surface area (TPSA) is 69.6 Å². The van der Waals surface area contributed by atoms with Gasteiger partial charge < -0.3 is 15.3 Å². The first-order valence-corrected chi connectivity index (χ1v) is 6.05. The molecule has 0 aliphatic carbocycles. The van der Waals surface area contributed by atoms with Crippen LogP contribution in [0, 0.1) is 5.41 Å². The number of nitrogens with zero attached hydrogens (tertiary/aromatic N) is 1. The van der Waals surface area contributed by atoms with Crippen molar-refractivity contribution in [3.63, 3.8) is 0 Å². The third-order valence-electron chi connectivity index (χ3n) is 2.63. The first kappa shape index (κ1) is 16.5. The summed E-state index contributed by atoms with van der Waals surface area (Å²) in [5.74, 6) is -1.02. The smallest absolute Gasteiger partial charge is 0.326 e. The molecule has 18 heavy (non-hydrogen) atoms. The van der Waals surface area contributed by atoms with E-state index in [1.54, 1.807) is 33.9 Å². The van der Waals surface area contributed by atoms with Crippen LogP contribution in [0.2, 0.25) is 0 Å².